The Labute approximate surface area is 186 Å². The SMILES string of the molecule is CCCCn1cc(-c2ccc(OC)c(S(=O)(=O)Nc3cnc4c(c3)C(=O)NCC4)c2)cn1. The Kier molecular flexibility index (Phi) is 6.13. The summed E-state index contributed by atoms with van der Waals surface area (Å²) in [5.41, 5.74) is 2.75. The molecule has 1 amide bonds. The summed E-state index contributed by atoms with van der Waals surface area (Å²) in [5, 5.41) is 7.09. The third-order valence-electron chi connectivity index (χ3n) is 5.27. The number of aromatic nitrogens is 3. The number of amides is 1. The van der Waals surface area contributed by atoms with Crippen LogP contribution < -0.4 is 14.8 Å². The van der Waals surface area contributed by atoms with E-state index in [-0.39, 0.29) is 22.2 Å². The van der Waals surface area contributed by atoms with Gasteiger partial charge in [-0.25, -0.2) is 8.42 Å². The highest BCUT2D eigenvalue weighted by Crippen LogP contribution is 2.31. The molecule has 2 aromatic heterocycles. The smallest absolute Gasteiger partial charge is 0.265 e. The molecule has 0 radical (unpaired) electrons. The second-order valence-corrected chi connectivity index (χ2v) is 9.19. The average Bonchev–Trinajstić information content (AvgIpc) is 3.26. The molecule has 0 saturated carbocycles. The molecule has 0 bridgehead atoms. The maximum absolute atomic E-state index is 13.2. The minimum atomic E-state index is -4.01. The Morgan fingerprint density at radius 1 is 1.22 bits per heavy atom. The summed E-state index contributed by atoms with van der Waals surface area (Å²) in [6, 6.07) is 6.47. The Morgan fingerprint density at radius 2 is 2.06 bits per heavy atom. The van der Waals surface area contributed by atoms with Crippen molar-refractivity contribution < 1.29 is 17.9 Å². The molecule has 3 aromatic rings. The Balaban J connectivity index is 1.65. The van der Waals surface area contributed by atoms with E-state index in [0.29, 0.717) is 29.8 Å². The summed E-state index contributed by atoms with van der Waals surface area (Å²) in [6.45, 7) is 3.43. The lowest BCUT2D eigenvalue weighted by atomic mass is 10.1. The lowest BCUT2D eigenvalue weighted by molar-refractivity contribution is 0.0945. The molecule has 0 unspecified atom stereocenters. The number of aryl methyl sites for hydroxylation is 1. The number of unbranched alkanes of at least 4 members (excludes halogenated alkanes) is 1. The molecule has 0 saturated heterocycles. The third-order valence-corrected chi connectivity index (χ3v) is 6.68. The number of sulfonamides is 1. The fourth-order valence-electron chi connectivity index (χ4n) is 3.57. The van der Waals surface area contributed by atoms with Gasteiger partial charge >= 0.3 is 0 Å². The molecule has 4 rings (SSSR count). The van der Waals surface area contributed by atoms with Crippen LogP contribution in [0, 0.1) is 0 Å². The second kappa shape index (κ2) is 8.99. The molecule has 9 nitrogen and oxygen atoms in total. The van der Waals surface area contributed by atoms with E-state index in [4.69, 9.17) is 4.74 Å². The molecule has 1 aliphatic heterocycles. The zero-order valence-electron chi connectivity index (χ0n) is 18.0. The van der Waals surface area contributed by atoms with Gasteiger partial charge < -0.3 is 10.1 Å². The minimum absolute atomic E-state index is 0.0130. The van der Waals surface area contributed by atoms with E-state index >= 15 is 0 Å². The molecule has 0 fully saturated rings. The average molecular weight is 456 g/mol. The van der Waals surface area contributed by atoms with Gasteiger partial charge in [0.25, 0.3) is 15.9 Å². The monoisotopic (exact) mass is 455 g/mol. The maximum Gasteiger partial charge on any atom is 0.265 e. The van der Waals surface area contributed by atoms with Gasteiger partial charge in [0.05, 0.1) is 36.4 Å². The molecule has 0 atom stereocenters. The van der Waals surface area contributed by atoms with Crippen molar-refractivity contribution in [2.24, 2.45) is 0 Å². The lowest BCUT2D eigenvalue weighted by Gasteiger charge is -2.17. The molecule has 168 valence electrons. The number of pyridine rings is 1. The highest BCUT2D eigenvalue weighted by molar-refractivity contribution is 7.92. The van der Waals surface area contributed by atoms with Crippen LogP contribution in [0.3, 0.4) is 0 Å². The number of hydrogen-bond donors (Lipinski definition) is 2. The maximum atomic E-state index is 13.2. The van der Waals surface area contributed by atoms with E-state index in [2.05, 4.69) is 27.0 Å². The third kappa shape index (κ3) is 4.45. The first kappa shape index (κ1) is 21.8. The Bertz CT molecular complexity index is 1250. The van der Waals surface area contributed by atoms with Gasteiger partial charge in [0.2, 0.25) is 0 Å². The van der Waals surface area contributed by atoms with Gasteiger partial charge in [-0.3, -0.25) is 19.2 Å². The van der Waals surface area contributed by atoms with E-state index < -0.39 is 10.0 Å². The number of nitrogens with zero attached hydrogens (tertiary/aromatic N) is 3. The highest BCUT2D eigenvalue weighted by Gasteiger charge is 2.23. The number of hydrogen-bond acceptors (Lipinski definition) is 6. The van der Waals surface area contributed by atoms with E-state index in [0.717, 1.165) is 24.9 Å². The van der Waals surface area contributed by atoms with Gasteiger partial charge in [0.15, 0.2) is 0 Å². The number of anilines is 1. The first-order chi connectivity index (χ1) is 15.4. The van der Waals surface area contributed by atoms with Crippen molar-refractivity contribution in [2.45, 2.75) is 37.6 Å². The first-order valence-corrected chi connectivity index (χ1v) is 11.9. The first-order valence-electron chi connectivity index (χ1n) is 10.4. The fourth-order valence-corrected chi connectivity index (χ4v) is 4.80. The van der Waals surface area contributed by atoms with Crippen LogP contribution in [-0.2, 0) is 23.0 Å². The quantitative estimate of drug-likeness (QED) is 0.540. The number of ether oxygens (including phenoxy) is 1. The van der Waals surface area contributed by atoms with Crippen molar-refractivity contribution in [1.29, 1.82) is 0 Å². The van der Waals surface area contributed by atoms with Crippen molar-refractivity contribution in [3.05, 3.63) is 54.1 Å². The molecule has 3 heterocycles. The van der Waals surface area contributed by atoms with E-state index in [9.17, 15) is 13.2 Å². The molecule has 32 heavy (non-hydrogen) atoms. The summed E-state index contributed by atoms with van der Waals surface area (Å²) in [5.74, 6) is -0.0530. The van der Waals surface area contributed by atoms with E-state index in [1.807, 2.05) is 10.9 Å². The van der Waals surface area contributed by atoms with Gasteiger partial charge in [0.1, 0.15) is 10.6 Å². The number of nitrogens with one attached hydrogen (secondary N) is 2. The van der Waals surface area contributed by atoms with Crippen molar-refractivity contribution in [3.8, 4) is 16.9 Å². The number of rotatable bonds is 8. The molecule has 0 aliphatic carbocycles. The van der Waals surface area contributed by atoms with E-state index in [1.54, 1.807) is 24.4 Å². The van der Waals surface area contributed by atoms with Crippen molar-refractivity contribution in [3.63, 3.8) is 0 Å². The summed E-state index contributed by atoms with van der Waals surface area (Å²) in [4.78, 5) is 16.3. The molecular formula is C22H25N5O4S. The van der Waals surface area contributed by atoms with Gasteiger partial charge in [-0.2, -0.15) is 5.10 Å². The molecule has 1 aromatic carbocycles. The number of benzene rings is 1. The number of methoxy groups -OCH3 is 1. The molecule has 0 spiro atoms. The Morgan fingerprint density at radius 3 is 2.84 bits per heavy atom. The molecule has 10 heteroatoms. The summed E-state index contributed by atoms with van der Waals surface area (Å²) in [7, 11) is -2.59. The van der Waals surface area contributed by atoms with Crippen molar-refractivity contribution in [1.82, 2.24) is 20.1 Å². The van der Waals surface area contributed by atoms with Crippen LogP contribution in [0.1, 0.15) is 35.8 Å². The van der Waals surface area contributed by atoms with Gasteiger partial charge in [-0.05, 0) is 30.2 Å². The van der Waals surface area contributed by atoms with Crippen molar-refractivity contribution >= 4 is 21.6 Å². The Hall–Kier alpha value is -3.40. The van der Waals surface area contributed by atoms with Crippen LogP contribution in [0.25, 0.3) is 11.1 Å². The van der Waals surface area contributed by atoms with Crippen LogP contribution >= 0.6 is 0 Å². The van der Waals surface area contributed by atoms with Gasteiger partial charge in [0, 0.05) is 31.3 Å². The topological polar surface area (TPSA) is 115 Å². The number of carbonyl (C=O) groups is 1. The number of carbonyl (C=O) groups excluding carboxylic acids is 1. The van der Waals surface area contributed by atoms with Crippen LogP contribution in [-0.4, -0.2) is 42.7 Å². The molecule has 1 aliphatic rings. The lowest BCUT2D eigenvalue weighted by Crippen LogP contribution is -2.32. The standard InChI is InChI=1S/C22H25N5O4S/c1-3-4-9-27-14-16(12-25-27)15-5-6-20(31-2)21(10-15)32(29,30)26-17-11-18-19(24-13-17)7-8-23-22(18)28/h5-6,10-14,26H,3-4,7-9H2,1-2H3,(H,23,28). The second-order valence-electron chi connectivity index (χ2n) is 7.54. The molecular weight excluding hydrogens is 430 g/mol. The van der Waals surface area contributed by atoms with Gasteiger partial charge in [-0.1, -0.05) is 19.4 Å². The summed E-state index contributed by atoms with van der Waals surface area (Å²) < 4.78 is 36.1. The zero-order chi connectivity index (χ0) is 22.7. The van der Waals surface area contributed by atoms with E-state index in [1.165, 1.54) is 19.4 Å². The van der Waals surface area contributed by atoms with Crippen LogP contribution in [0.5, 0.6) is 5.75 Å². The van der Waals surface area contributed by atoms with Crippen LogP contribution in [0.2, 0.25) is 0 Å². The van der Waals surface area contributed by atoms with Crippen LogP contribution in [0.15, 0.2) is 47.8 Å². The predicted octanol–water partition coefficient (Wildman–Crippen LogP) is 2.84. The normalized spacial score (nSPS) is 13.4. The highest BCUT2D eigenvalue weighted by atomic mass is 32.2. The number of fused-ring (bicyclic) bond motifs is 1. The summed E-state index contributed by atoms with van der Waals surface area (Å²) >= 11 is 0. The molecule has 2 N–H and O–H groups in total. The largest absolute Gasteiger partial charge is 0.495 e. The fraction of sp³-hybridized carbons (Fsp3) is 0.318. The predicted molar refractivity (Wildman–Crippen MR) is 120 cm³/mol. The zero-order valence-corrected chi connectivity index (χ0v) is 18.8. The van der Waals surface area contributed by atoms with Crippen molar-refractivity contribution in [2.75, 3.05) is 18.4 Å². The van der Waals surface area contributed by atoms with Crippen LogP contribution in [0.4, 0.5) is 5.69 Å². The minimum Gasteiger partial charge on any atom is -0.495 e. The van der Waals surface area contributed by atoms with Gasteiger partial charge in [-0.15, -0.1) is 0 Å². The summed E-state index contributed by atoms with van der Waals surface area (Å²) in [6.07, 6.45) is 7.71.